The van der Waals surface area contributed by atoms with Gasteiger partial charge in [-0.05, 0) is 60.7 Å². The molecule has 1 saturated heterocycles. The number of hydrogen-bond donors (Lipinski definition) is 3. The van der Waals surface area contributed by atoms with Gasteiger partial charge in [0.2, 0.25) is 5.91 Å². The summed E-state index contributed by atoms with van der Waals surface area (Å²) in [5.74, 6) is 0.158. The maximum atomic E-state index is 12.7. The highest BCUT2D eigenvalue weighted by molar-refractivity contribution is 7.80. The minimum Gasteiger partial charge on any atom is -0.478 e. The molecule has 1 aliphatic rings. The molecule has 3 heterocycles. The Hall–Kier alpha value is -4.50. The average Bonchev–Trinajstić information content (AvgIpc) is 3.53. The molecule has 2 aromatic heterocycles. The third-order valence-corrected chi connectivity index (χ3v) is 6.52. The van der Waals surface area contributed by atoms with Gasteiger partial charge in [-0.2, -0.15) is 0 Å². The number of amides is 1. The lowest BCUT2D eigenvalue weighted by molar-refractivity contribution is -0.116. The topological polar surface area (TPSA) is 108 Å². The van der Waals surface area contributed by atoms with Gasteiger partial charge < -0.3 is 25.1 Å². The lowest BCUT2D eigenvalue weighted by Crippen LogP contribution is -2.32. The Kier molecular flexibility index (Phi) is 6.96. The van der Waals surface area contributed by atoms with Gasteiger partial charge in [0.05, 0.1) is 17.3 Å². The van der Waals surface area contributed by atoms with E-state index in [1.54, 1.807) is 30.5 Å². The highest BCUT2D eigenvalue weighted by Gasteiger charge is 2.41. The van der Waals surface area contributed by atoms with E-state index in [4.69, 9.17) is 16.6 Å². The molecule has 5 rings (SSSR count). The van der Waals surface area contributed by atoms with Crippen molar-refractivity contribution in [3.63, 3.8) is 0 Å². The Morgan fingerprint density at radius 3 is 2.46 bits per heavy atom. The summed E-state index contributed by atoms with van der Waals surface area (Å²) in [5.41, 5.74) is 2.50. The maximum Gasteiger partial charge on any atom is 0.335 e. The first-order valence-electron chi connectivity index (χ1n) is 11.8. The van der Waals surface area contributed by atoms with Crippen LogP contribution in [0.5, 0.6) is 0 Å². The summed E-state index contributed by atoms with van der Waals surface area (Å²) in [4.78, 5) is 30.3. The second-order valence-electron chi connectivity index (χ2n) is 8.57. The van der Waals surface area contributed by atoms with Crippen molar-refractivity contribution in [3.05, 3.63) is 108 Å². The van der Waals surface area contributed by atoms with E-state index in [0.717, 1.165) is 16.9 Å². The molecule has 186 valence electrons. The summed E-state index contributed by atoms with van der Waals surface area (Å²) in [6.07, 6.45) is 1.96. The van der Waals surface area contributed by atoms with Crippen LogP contribution in [0.2, 0.25) is 0 Å². The average molecular weight is 513 g/mol. The molecule has 0 aliphatic carbocycles. The molecule has 37 heavy (non-hydrogen) atoms. The van der Waals surface area contributed by atoms with Gasteiger partial charge in [-0.15, -0.1) is 0 Å². The number of carboxylic acids is 1. The normalized spacial score (nSPS) is 16.9. The number of anilines is 1. The van der Waals surface area contributed by atoms with E-state index in [9.17, 15) is 14.7 Å². The molecule has 1 amide bonds. The molecule has 0 bridgehead atoms. The molecule has 2 atom stereocenters. The van der Waals surface area contributed by atoms with Gasteiger partial charge >= 0.3 is 5.97 Å². The number of para-hydroxylation sites is 1. The Balaban J connectivity index is 1.40. The Labute approximate surface area is 219 Å². The molecule has 0 saturated carbocycles. The number of rotatable bonds is 8. The number of hydrogen-bond acceptors (Lipinski definition) is 5. The van der Waals surface area contributed by atoms with E-state index in [-0.39, 0.29) is 30.0 Å². The summed E-state index contributed by atoms with van der Waals surface area (Å²) >= 11 is 5.67. The van der Waals surface area contributed by atoms with E-state index in [1.165, 1.54) is 0 Å². The lowest BCUT2D eigenvalue weighted by Gasteiger charge is -2.25. The summed E-state index contributed by atoms with van der Waals surface area (Å²) in [7, 11) is 0. The van der Waals surface area contributed by atoms with E-state index in [0.29, 0.717) is 23.2 Å². The van der Waals surface area contributed by atoms with Crippen LogP contribution in [-0.2, 0) is 4.79 Å². The SMILES string of the molecule is O=C(CCN1C(=S)N[C@@H](c2ccccn2)[C@@H]1c1ccc(-c2ccc(C(=O)O)cc2)o1)Nc1ccccc1. The van der Waals surface area contributed by atoms with Crippen LogP contribution in [0.1, 0.15) is 40.3 Å². The lowest BCUT2D eigenvalue weighted by atomic mass is 10.0. The number of pyridine rings is 1. The molecule has 3 N–H and O–H groups in total. The molecule has 1 fully saturated rings. The van der Waals surface area contributed by atoms with Crippen molar-refractivity contribution < 1.29 is 19.1 Å². The number of aromatic nitrogens is 1. The van der Waals surface area contributed by atoms with Crippen LogP contribution < -0.4 is 10.6 Å². The second-order valence-corrected chi connectivity index (χ2v) is 8.96. The standard InChI is InChI=1S/C28H24N4O4S/c33-24(30-20-6-2-1-3-7-20)15-17-32-26(25(31-28(32)37)21-8-4-5-16-29-21)23-14-13-22(36-23)18-9-11-19(12-10-18)27(34)35/h1-14,16,25-26H,15,17H2,(H,30,33)(H,31,37)(H,34,35)/t25-,26-/m0/s1. The van der Waals surface area contributed by atoms with Gasteiger partial charge in [-0.1, -0.05) is 36.4 Å². The number of furan rings is 1. The van der Waals surface area contributed by atoms with Crippen LogP contribution in [0.15, 0.2) is 95.5 Å². The number of benzene rings is 2. The third-order valence-electron chi connectivity index (χ3n) is 6.17. The van der Waals surface area contributed by atoms with Crippen molar-refractivity contribution in [1.29, 1.82) is 0 Å². The van der Waals surface area contributed by atoms with Crippen LogP contribution in [0.25, 0.3) is 11.3 Å². The van der Waals surface area contributed by atoms with Crippen LogP contribution in [-0.4, -0.2) is 38.5 Å². The molecular weight excluding hydrogens is 488 g/mol. The van der Waals surface area contributed by atoms with Gasteiger partial charge in [-0.3, -0.25) is 9.78 Å². The van der Waals surface area contributed by atoms with Crippen LogP contribution in [0.3, 0.4) is 0 Å². The highest BCUT2D eigenvalue weighted by atomic mass is 32.1. The summed E-state index contributed by atoms with van der Waals surface area (Å²) in [5, 5.41) is 15.9. The quantitative estimate of drug-likeness (QED) is 0.282. The van der Waals surface area contributed by atoms with Crippen molar-refractivity contribution in [1.82, 2.24) is 15.2 Å². The number of thiocarbonyl (C=S) groups is 1. The van der Waals surface area contributed by atoms with Gasteiger partial charge in [0, 0.05) is 30.4 Å². The van der Waals surface area contributed by atoms with Crippen molar-refractivity contribution in [2.75, 3.05) is 11.9 Å². The molecule has 8 nitrogen and oxygen atoms in total. The minimum absolute atomic E-state index is 0.118. The first-order valence-corrected chi connectivity index (χ1v) is 12.2. The maximum absolute atomic E-state index is 12.7. The summed E-state index contributed by atoms with van der Waals surface area (Å²) in [6.45, 7) is 0.377. The molecule has 9 heteroatoms. The molecule has 4 aromatic rings. The summed E-state index contributed by atoms with van der Waals surface area (Å²) < 4.78 is 6.27. The minimum atomic E-state index is -0.984. The number of nitrogens with one attached hydrogen (secondary N) is 2. The van der Waals surface area contributed by atoms with Crippen LogP contribution >= 0.6 is 12.2 Å². The molecule has 0 unspecified atom stereocenters. The van der Waals surface area contributed by atoms with Crippen molar-refractivity contribution in [3.8, 4) is 11.3 Å². The Morgan fingerprint density at radius 1 is 1.00 bits per heavy atom. The third kappa shape index (κ3) is 5.36. The fourth-order valence-corrected chi connectivity index (χ4v) is 4.70. The fraction of sp³-hybridized carbons (Fsp3) is 0.143. The zero-order chi connectivity index (χ0) is 25.8. The Morgan fingerprint density at radius 2 is 1.76 bits per heavy atom. The van der Waals surface area contributed by atoms with Crippen molar-refractivity contribution in [2.45, 2.75) is 18.5 Å². The zero-order valence-corrected chi connectivity index (χ0v) is 20.5. The number of carbonyl (C=O) groups is 2. The smallest absolute Gasteiger partial charge is 0.335 e. The first-order chi connectivity index (χ1) is 18.0. The molecular formula is C28H24N4O4S. The van der Waals surface area contributed by atoms with Crippen molar-refractivity contribution >= 4 is 34.9 Å². The van der Waals surface area contributed by atoms with Crippen molar-refractivity contribution in [2.24, 2.45) is 0 Å². The molecule has 0 spiro atoms. The van der Waals surface area contributed by atoms with Crippen LogP contribution in [0, 0.1) is 0 Å². The fourth-order valence-electron chi connectivity index (χ4n) is 4.37. The Bertz CT molecular complexity index is 1410. The molecule has 1 aliphatic heterocycles. The summed E-state index contributed by atoms with van der Waals surface area (Å²) in [6, 6.07) is 24.6. The number of aromatic carboxylic acids is 1. The second kappa shape index (κ2) is 10.6. The number of nitrogens with zero attached hydrogens (tertiary/aromatic N) is 2. The van der Waals surface area contributed by atoms with Crippen LogP contribution in [0.4, 0.5) is 5.69 Å². The predicted molar refractivity (Wildman–Crippen MR) is 143 cm³/mol. The molecule has 2 aromatic carbocycles. The van der Waals surface area contributed by atoms with Gasteiger partial charge in [-0.25, -0.2) is 4.79 Å². The van der Waals surface area contributed by atoms with E-state index >= 15 is 0 Å². The van der Waals surface area contributed by atoms with Gasteiger partial charge in [0.15, 0.2) is 5.11 Å². The van der Waals surface area contributed by atoms with Gasteiger partial charge in [0.1, 0.15) is 17.6 Å². The number of carboxylic acid groups (broad SMARTS) is 1. The molecule has 0 radical (unpaired) electrons. The first kappa shape index (κ1) is 24.2. The van der Waals surface area contributed by atoms with E-state index in [1.807, 2.05) is 65.6 Å². The van der Waals surface area contributed by atoms with E-state index < -0.39 is 5.97 Å². The zero-order valence-electron chi connectivity index (χ0n) is 19.7. The van der Waals surface area contributed by atoms with E-state index in [2.05, 4.69) is 15.6 Å². The highest BCUT2D eigenvalue weighted by Crippen LogP contribution is 2.40. The largest absolute Gasteiger partial charge is 0.478 e. The van der Waals surface area contributed by atoms with Gasteiger partial charge in [0.25, 0.3) is 0 Å². The number of carbonyl (C=O) groups excluding carboxylic acids is 1. The predicted octanol–water partition coefficient (Wildman–Crippen LogP) is 5.04. The monoisotopic (exact) mass is 512 g/mol.